The Balaban J connectivity index is 3.60. The molecule has 0 radical (unpaired) electrons. The summed E-state index contributed by atoms with van der Waals surface area (Å²) in [7, 11) is 0. The smallest absolute Gasteiger partial charge is 0.196 e. The van der Waals surface area contributed by atoms with Crippen LogP contribution in [0.3, 0.4) is 0 Å². The van der Waals surface area contributed by atoms with Crippen molar-refractivity contribution in [3.05, 3.63) is 28.2 Å². The lowest BCUT2D eigenvalue weighted by Gasteiger charge is -2.04. The molecule has 12 heavy (non-hydrogen) atoms. The van der Waals surface area contributed by atoms with Crippen LogP contribution in [0, 0.1) is 28.2 Å². The topological polar surface area (TPSA) is 0 Å². The van der Waals surface area contributed by atoms with E-state index in [0.717, 1.165) is 0 Å². The van der Waals surface area contributed by atoms with Crippen LogP contribution >= 0.6 is 67.8 Å². The standard InChI is InChI=1S/C6F3I3/c7-1-2(8)4(10)6(12)5(11)3(1)9. The maximum Gasteiger partial charge on any atom is 0.196 e. The van der Waals surface area contributed by atoms with Crippen molar-refractivity contribution in [2.24, 2.45) is 0 Å². The van der Waals surface area contributed by atoms with E-state index in [1.54, 1.807) is 67.8 Å². The van der Waals surface area contributed by atoms with Gasteiger partial charge in [-0.25, -0.2) is 13.2 Å². The molecule has 0 amide bonds. The number of hydrogen-bond acceptors (Lipinski definition) is 0. The van der Waals surface area contributed by atoms with Crippen molar-refractivity contribution in [2.45, 2.75) is 0 Å². The maximum absolute atomic E-state index is 12.8. The molecule has 0 spiro atoms. The third kappa shape index (κ3) is 1.83. The lowest BCUT2D eigenvalue weighted by molar-refractivity contribution is 0.439. The Morgan fingerprint density at radius 1 is 0.583 bits per heavy atom. The first-order chi connectivity index (χ1) is 5.46. The third-order valence-electron chi connectivity index (χ3n) is 1.16. The monoisotopic (exact) mass is 510 g/mol. The molecule has 1 aromatic rings. The molecule has 0 heterocycles. The maximum atomic E-state index is 12.8. The van der Waals surface area contributed by atoms with Gasteiger partial charge in [0.2, 0.25) is 0 Å². The zero-order chi connectivity index (χ0) is 9.46. The molecule has 66 valence electrons. The van der Waals surface area contributed by atoms with Crippen LogP contribution in [0.4, 0.5) is 13.2 Å². The summed E-state index contributed by atoms with van der Waals surface area (Å²) in [6.07, 6.45) is 0. The van der Waals surface area contributed by atoms with E-state index in [-0.39, 0.29) is 7.14 Å². The van der Waals surface area contributed by atoms with Crippen LogP contribution in [-0.2, 0) is 0 Å². The number of rotatable bonds is 0. The second kappa shape index (κ2) is 4.15. The van der Waals surface area contributed by atoms with Gasteiger partial charge in [0.05, 0.1) is 7.14 Å². The zero-order valence-corrected chi connectivity index (χ0v) is 11.7. The molecular weight excluding hydrogens is 510 g/mol. The molecule has 1 rings (SSSR count). The first kappa shape index (κ1) is 11.3. The number of hydrogen-bond donors (Lipinski definition) is 0. The van der Waals surface area contributed by atoms with E-state index in [2.05, 4.69) is 0 Å². The predicted octanol–water partition coefficient (Wildman–Crippen LogP) is 3.92. The van der Waals surface area contributed by atoms with E-state index in [1.807, 2.05) is 0 Å². The van der Waals surface area contributed by atoms with E-state index >= 15 is 0 Å². The van der Waals surface area contributed by atoms with Crippen LogP contribution in [-0.4, -0.2) is 0 Å². The van der Waals surface area contributed by atoms with Crippen LogP contribution in [0.2, 0.25) is 0 Å². The van der Waals surface area contributed by atoms with Gasteiger partial charge in [-0.2, -0.15) is 0 Å². The van der Waals surface area contributed by atoms with Crippen molar-refractivity contribution in [3.8, 4) is 0 Å². The highest BCUT2D eigenvalue weighted by atomic mass is 127. The van der Waals surface area contributed by atoms with Crippen LogP contribution < -0.4 is 0 Å². The summed E-state index contributed by atoms with van der Waals surface area (Å²) in [5, 5.41) is 0. The van der Waals surface area contributed by atoms with E-state index in [9.17, 15) is 13.2 Å². The first-order valence-electron chi connectivity index (χ1n) is 2.63. The SMILES string of the molecule is Fc1c(F)c(I)c(I)c(I)c1F. The fourth-order valence-corrected chi connectivity index (χ4v) is 2.58. The van der Waals surface area contributed by atoms with Gasteiger partial charge in [-0.15, -0.1) is 0 Å². The molecule has 0 saturated carbocycles. The summed E-state index contributed by atoms with van der Waals surface area (Å²) in [5.41, 5.74) is 0. The molecule has 0 atom stereocenters. The molecule has 0 bridgehead atoms. The average molecular weight is 510 g/mol. The van der Waals surface area contributed by atoms with E-state index in [1.165, 1.54) is 0 Å². The third-order valence-corrected chi connectivity index (χ3v) is 6.32. The predicted molar refractivity (Wildman–Crippen MR) is 64.5 cm³/mol. The summed E-state index contributed by atoms with van der Waals surface area (Å²) in [4.78, 5) is 0. The fraction of sp³-hybridized carbons (Fsp3) is 0. The quantitative estimate of drug-likeness (QED) is 0.283. The second-order valence-corrected chi connectivity index (χ2v) is 5.12. The lowest BCUT2D eigenvalue weighted by Crippen LogP contribution is -2.01. The van der Waals surface area contributed by atoms with Gasteiger partial charge in [0, 0.05) is 3.57 Å². The second-order valence-electron chi connectivity index (χ2n) is 1.88. The van der Waals surface area contributed by atoms with Crippen molar-refractivity contribution in [1.82, 2.24) is 0 Å². The van der Waals surface area contributed by atoms with Gasteiger partial charge in [0.25, 0.3) is 0 Å². The first-order valence-corrected chi connectivity index (χ1v) is 5.87. The van der Waals surface area contributed by atoms with Gasteiger partial charge in [-0.3, -0.25) is 0 Å². The Morgan fingerprint density at radius 3 is 1.25 bits per heavy atom. The summed E-state index contributed by atoms with van der Waals surface area (Å²) in [5.74, 6) is -3.62. The molecule has 1 aromatic carbocycles. The zero-order valence-electron chi connectivity index (χ0n) is 5.27. The minimum atomic E-state index is -1.40. The van der Waals surface area contributed by atoms with Crippen LogP contribution in [0.25, 0.3) is 0 Å². The Bertz CT molecular complexity index is 232. The lowest BCUT2D eigenvalue weighted by atomic mass is 10.3. The minimum absolute atomic E-state index is 0.122. The molecule has 6 heteroatoms. The molecular formula is C6F3I3. The molecule has 0 aromatic heterocycles. The summed E-state index contributed by atoms with van der Waals surface area (Å²) < 4.78 is 38.9. The molecule has 0 fully saturated rings. The highest BCUT2D eigenvalue weighted by molar-refractivity contribution is 14.1. The summed E-state index contributed by atoms with van der Waals surface area (Å²) in [6, 6.07) is 0. The van der Waals surface area contributed by atoms with Crippen LogP contribution in [0.5, 0.6) is 0 Å². The number of benzene rings is 1. The molecule has 0 aliphatic carbocycles. The molecule has 0 unspecified atom stereocenters. The Labute approximate surface area is 108 Å². The van der Waals surface area contributed by atoms with Crippen molar-refractivity contribution < 1.29 is 13.2 Å². The molecule has 0 aliphatic rings. The Morgan fingerprint density at radius 2 is 0.917 bits per heavy atom. The van der Waals surface area contributed by atoms with E-state index in [0.29, 0.717) is 3.57 Å². The van der Waals surface area contributed by atoms with Crippen molar-refractivity contribution in [1.29, 1.82) is 0 Å². The highest BCUT2D eigenvalue weighted by Gasteiger charge is 2.20. The summed E-state index contributed by atoms with van der Waals surface area (Å²) in [6.45, 7) is 0. The van der Waals surface area contributed by atoms with Crippen molar-refractivity contribution in [3.63, 3.8) is 0 Å². The van der Waals surface area contributed by atoms with Gasteiger partial charge in [-0.05, 0) is 67.8 Å². The van der Waals surface area contributed by atoms with E-state index in [4.69, 9.17) is 0 Å². The fourth-order valence-electron chi connectivity index (χ4n) is 0.578. The van der Waals surface area contributed by atoms with Crippen molar-refractivity contribution >= 4 is 67.8 Å². The van der Waals surface area contributed by atoms with Gasteiger partial charge in [-0.1, -0.05) is 0 Å². The van der Waals surface area contributed by atoms with Crippen LogP contribution in [0.1, 0.15) is 0 Å². The van der Waals surface area contributed by atoms with Crippen LogP contribution in [0.15, 0.2) is 0 Å². The molecule has 0 N–H and O–H groups in total. The summed E-state index contributed by atoms with van der Waals surface area (Å²) >= 11 is 5.06. The van der Waals surface area contributed by atoms with E-state index < -0.39 is 17.5 Å². The average Bonchev–Trinajstić information content (AvgIpc) is 2.08. The normalized spacial score (nSPS) is 10.5. The van der Waals surface area contributed by atoms with Crippen molar-refractivity contribution in [2.75, 3.05) is 0 Å². The molecule has 0 saturated heterocycles. The highest BCUT2D eigenvalue weighted by Crippen LogP contribution is 2.28. The van der Waals surface area contributed by atoms with Gasteiger partial charge >= 0.3 is 0 Å². The Kier molecular flexibility index (Phi) is 3.90. The van der Waals surface area contributed by atoms with Gasteiger partial charge < -0.3 is 0 Å². The Hall–Kier alpha value is 1.20. The number of halogens is 6. The minimum Gasteiger partial charge on any atom is -0.202 e. The largest absolute Gasteiger partial charge is 0.202 e. The van der Waals surface area contributed by atoms with Gasteiger partial charge in [0.1, 0.15) is 0 Å². The molecule has 0 aliphatic heterocycles. The van der Waals surface area contributed by atoms with Gasteiger partial charge in [0.15, 0.2) is 17.5 Å². The molecule has 0 nitrogen and oxygen atoms in total.